The largest absolute Gasteiger partial charge is 0.296 e. The lowest BCUT2D eigenvalue weighted by atomic mass is 10.4. The summed E-state index contributed by atoms with van der Waals surface area (Å²) in [4.78, 5) is 17.4. The number of aromatic nitrogens is 3. The number of hydrogen-bond donors (Lipinski definition) is 1. The SMILES string of the molecule is CCn1ccc(C(=O)Nc2nc(-c3ccc(Cl)s3)cs2)n1. The van der Waals surface area contributed by atoms with Crippen LogP contribution in [0.5, 0.6) is 0 Å². The molecule has 0 radical (unpaired) electrons. The minimum Gasteiger partial charge on any atom is -0.296 e. The first kappa shape index (κ1) is 14.2. The van der Waals surface area contributed by atoms with E-state index >= 15 is 0 Å². The Labute approximate surface area is 134 Å². The molecular formula is C13H11ClN4OS2. The van der Waals surface area contributed by atoms with Gasteiger partial charge in [0.1, 0.15) is 0 Å². The summed E-state index contributed by atoms with van der Waals surface area (Å²) < 4.78 is 2.42. The van der Waals surface area contributed by atoms with E-state index in [1.54, 1.807) is 16.9 Å². The summed E-state index contributed by atoms with van der Waals surface area (Å²) in [6.07, 6.45) is 1.77. The quantitative estimate of drug-likeness (QED) is 0.782. The molecule has 3 heterocycles. The highest BCUT2D eigenvalue weighted by atomic mass is 35.5. The molecule has 3 aromatic heterocycles. The minimum absolute atomic E-state index is 0.257. The van der Waals surface area contributed by atoms with E-state index < -0.39 is 0 Å². The number of thiophene rings is 1. The van der Waals surface area contributed by atoms with Gasteiger partial charge in [-0.2, -0.15) is 5.10 Å². The van der Waals surface area contributed by atoms with E-state index in [1.807, 2.05) is 24.4 Å². The highest BCUT2D eigenvalue weighted by molar-refractivity contribution is 7.20. The molecular weight excluding hydrogens is 328 g/mol. The third-order valence-corrected chi connectivity index (χ3v) is 4.76. The van der Waals surface area contributed by atoms with Crippen molar-refractivity contribution < 1.29 is 4.79 Å². The maximum Gasteiger partial charge on any atom is 0.277 e. The number of nitrogens with one attached hydrogen (secondary N) is 1. The second-order valence-electron chi connectivity index (χ2n) is 4.15. The minimum atomic E-state index is -0.257. The fourth-order valence-corrected chi connectivity index (χ4v) is 3.50. The number of anilines is 1. The van der Waals surface area contributed by atoms with Crippen molar-refractivity contribution in [1.82, 2.24) is 14.8 Å². The monoisotopic (exact) mass is 338 g/mol. The smallest absolute Gasteiger partial charge is 0.277 e. The van der Waals surface area contributed by atoms with E-state index in [0.717, 1.165) is 17.1 Å². The van der Waals surface area contributed by atoms with Crippen LogP contribution in [0.2, 0.25) is 4.34 Å². The number of amides is 1. The van der Waals surface area contributed by atoms with E-state index in [0.29, 0.717) is 15.2 Å². The Hall–Kier alpha value is -1.70. The van der Waals surface area contributed by atoms with Gasteiger partial charge in [0, 0.05) is 18.1 Å². The van der Waals surface area contributed by atoms with Crippen molar-refractivity contribution in [3.05, 3.63) is 39.8 Å². The fourth-order valence-electron chi connectivity index (χ4n) is 1.72. The second-order valence-corrected chi connectivity index (χ2v) is 6.73. The Morgan fingerprint density at radius 3 is 2.95 bits per heavy atom. The first-order valence-corrected chi connectivity index (χ1v) is 8.29. The Bertz CT molecular complexity index is 777. The van der Waals surface area contributed by atoms with Gasteiger partial charge in [0.25, 0.3) is 5.91 Å². The summed E-state index contributed by atoms with van der Waals surface area (Å²) in [5.74, 6) is -0.257. The number of nitrogens with zero attached hydrogens (tertiary/aromatic N) is 3. The molecule has 8 heteroatoms. The van der Waals surface area contributed by atoms with Crippen molar-refractivity contribution in [2.75, 3.05) is 5.32 Å². The summed E-state index contributed by atoms with van der Waals surface area (Å²) in [6, 6.07) is 5.43. The highest BCUT2D eigenvalue weighted by Gasteiger charge is 2.13. The van der Waals surface area contributed by atoms with Crippen molar-refractivity contribution >= 4 is 45.3 Å². The van der Waals surface area contributed by atoms with E-state index in [2.05, 4.69) is 15.4 Å². The number of hydrogen-bond acceptors (Lipinski definition) is 5. The van der Waals surface area contributed by atoms with Crippen LogP contribution < -0.4 is 5.32 Å². The molecule has 0 saturated heterocycles. The zero-order chi connectivity index (χ0) is 14.8. The predicted molar refractivity (Wildman–Crippen MR) is 86.3 cm³/mol. The molecule has 3 aromatic rings. The number of rotatable bonds is 4. The molecule has 3 rings (SSSR count). The molecule has 0 fully saturated rings. The van der Waals surface area contributed by atoms with Crippen LogP contribution in [-0.4, -0.2) is 20.7 Å². The summed E-state index contributed by atoms with van der Waals surface area (Å²) in [5.41, 5.74) is 1.19. The van der Waals surface area contributed by atoms with E-state index in [-0.39, 0.29) is 5.91 Å². The topological polar surface area (TPSA) is 59.8 Å². The lowest BCUT2D eigenvalue weighted by molar-refractivity contribution is 0.102. The zero-order valence-corrected chi connectivity index (χ0v) is 13.4. The number of carbonyl (C=O) groups is 1. The van der Waals surface area contributed by atoms with Gasteiger partial charge in [0.15, 0.2) is 10.8 Å². The van der Waals surface area contributed by atoms with Gasteiger partial charge in [-0.1, -0.05) is 11.6 Å². The average Bonchev–Trinajstić information content (AvgIpc) is 3.17. The van der Waals surface area contributed by atoms with Crippen LogP contribution in [0, 0.1) is 0 Å². The Balaban J connectivity index is 1.73. The average molecular weight is 339 g/mol. The molecule has 1 N–H and O–H groups in total. The van der Waals surface area contributed by atoms with Crippen LogP contribution in [-0.2, 0) is 6.54 Å². The number of carbonyl (C=O) groups excluding carboxylic acids is 1. The van der Waals surface area contributed by atoms with Crippen molar-refractivity contribution in [2.24, 2.45) is 0 Å². The van der Waals surface area contributed by atoms with E-state index in [4.69, 9.17) is 11.6 Å². The van der Waals surface area contributed by atoms with Gasteiger partial charge in [-0.3, -0.25) is 14.8 Å². The van der Waals surface area contributed by atoms with Crippen LogP contribution in [0.25, 0.3) is 10.6 Å². The van der Waals surface area contributed by atoms with Crippen molar-refractivity contribution in [2.45, 2.75) is 13.5 Å². The van der Waals surface area contributed by atoms with Crippen LogP contribution in [0.3, 0.4) is 0 Å². The molecule has 0 bridgehead atoms. The van der Waals surface area contributed by atoms with Crippen LogP contribution in [0.1, 0.15) is 17.4 Å². The molecule has 5 nitrogen and oxygen atoms in total. The summed E-state index contributed by atoms with van der Waals surface area (Å²) in [5, 5.41) is 9.35. The van der Waals surface area contributed by atoms with Crippen LogP contribution in [0.15, 0.2) is 29.8 Å². The number of aryl methyl sites for hydroxylation is 1. The third kappa shape index (κ3) is 3.15. The van der Waals surface area contributed by atoms with Crippen LogP contribution >= 0.6 is 34.3 Å². The van der Waals surface area contributed by atoms with Crippen molar-refractivity contribution in [3.63, 3.8) is 0 Å². The second kappa shape index (κ2) is 5.97. The number of halogens is 1. The molecule has 0 aliphatic carbocycles. The molecule has 0 aliphatic heterocycles. The maximum absolute atomic E-state index is 12.1. The molecule has 108 valence electrons. The van der Waals surface area contributed by atoms with Crippen molar-refractivity contribution in [3.8, 4) is 10.6 Å². The molecule has 0 unspecified atom stereocenters. The molecule has 0 spiro atoms. The Morgan fingerprint density at radius 1 is 1.43 bits per heavy atom. The molecule has 1 amide bonds. The van der Waals surface area contributed by atoms with Gasteiger partial charge in [-0.15, -0.1) is 22.7 Å². The first-order chi connectivity index (χ1) is 10.2. The van der Waals surface area contributed by atoms with Gasteiger partial charge < -0.3 is 0 Å². The molecule has 0 aromatic carbocycles. The molecule has 21 heavy (non-hydrogen) atoms. The van der Waals surface area contributed by atoms with Crippen molar-refractivity contribution in [1.29, 1.82) is 0 Å². The lowest BCUT2D eigenvalue weighted by Crippen LogP contribution is -2.13. The standard InChI is InChI=1S/C13H11ClN4OS2/c1-2-18-6-5-8(17-18)12(19)16-13-15-9(7-20-13)10-3-4-11(14)21-10/h3-7H,2H2,1H3,(H,15,16,19). The molecule has 0 atom stereocenters. The molecule has 0 aliphatic rings. The predicted octanol–water partition coefficient (Wildman–Crippen LogP) is 3.99. The zero-order valence-electron chi connectivity index (χ0n) is 11.0. The Morgan fingerprint density at radius 2 is 2.29 bits per heavy atom. The Kier molecular flexibility index (Phi) is 4.05. The summed E-state index contributed by atoms with van der Waals surface area (Å²) in [6.45, 7) is 2.70. The number of thiazole rings is 1. The fraction of sp³-hybridized carbons (Fsp3) is 0.154. The van der Waals surface area contributed by atoms with Crippen LogP contribution in [0.4, 0.5) is 5.13 Å². The van der Waals surface area contributed by atoms with Gasteiger partial charge in [0.05, 0.1) is 14.9 Å². The van der Waals surface area contributed by atoms with E-state index in [9.17, 15) is 4.79 Å². The summed E-state index contributed by atoms with van der Waals surface area (Å²) >= 11 is 8.74. The van der Waals surface area contributed by atoms with Gasteiger partial charge in [-0.25, -0.2) is 4.98 Å². The van der Waals surface area contributed by atoms with Gasteiger partial charge >= 0.3 is 0 Å². The lowest BCUT2D eigenvalue weighted by Gasteiger charge is -1.98. The normalized spacial score (nSPS) is 10.8. The highest BCUT2D eigenvalue weighted by Crippen LogP contribution is 2.32. The summed E-state index contributed by atoms with van der Waals surface area (Å²) in [7, 11) is 0. The molecule has 0 saturated carbocycles. The third-order valence-electron chi connectivity index (χ3n) is 2.75. The van der Waals surface area contributed by atoms with Gasteiger partial charge in [-0.05, 0) is 25.1 Å². The van der Waals surface area contributed by atoms with E-state index in [1.165, 1.54) is 22.7 Å². The maximum atomic E-state index is 12.1. The first-order valence-electron chi connectivity index (χ1n) is 6.21. The van der Waals surface area contributed by atoms with Gasteiger partial charge in [0.2, 0.25) is 0 Å².